The zero-order chi connectivity index (χ0) is 14.0. The van der Waals surface area contributed by atoms with E-state index in [9.17, 15) is 13.2 Å². The molecule has 2 rings (SSSR count). The van der Waals surface area contributed by atoms with Gasteiger partial charge < -0.3 is 4.90 Å². The third kappa shape index (κ3) is 3.79. The number of amides is 1. The lowest BCUT2D eigenvalue weighted by molar-refractivity contribution is 0.0767. The Morgan fingerprint density at radius 3 is 2.58 bits per heavy atom. The molecule has 104 valence electrons. The van der Waals surface area contributed by atoms with E-state index in [-0.39, 0.29) is 24.0 Å². The first-order valence-corrected chi connectivity index (χ1v) is 9.24. The molecule has 19 heavy (non-hydrogen) atoms. The lowest BCUT2D eigenvalue weighted by Gasteiger charge is -2.20. The summed E-state index contributed by atoms with van der Waals surface area (Å²) in [6, 6.07) is 5.34. The molecule has 7 heteroatoms. The number of benzene rings is 1. The summed E-state index contributed by atoms with van der Waals surface area (Å²) in [5, 5.41) is 0. The van der Waals surface area contributed by atoms with Crippen LogP contribution >= 0.6 is 31.9 Å². The maximum Gasteiger partial charge on any atom is 0.255 e. The lowest BCUT2D eigenvalue weighted by atomic mass is 10.2. The predicted octanol–water partition coefficient (Wildman–Crippen LogP) is 2.47. The standard InChI is InChI=1S/C12H13Br2NO3S/c13-9-2-3-10(11(14)8-9)12(16)15-4-1-6-19(17,18)7-5-15/h2-3,8H,1,4-7H2. The second-order valence-corrected chi connectivity index (χ2v) is 8.50. The molecule has 1 heterocycles. The summed E-state index contributed by atoms with van der Waals surface area (Å²) >= 11 is 6.70. The first-order valence-electron chi connectivity index (χ1n) is 5.84. The molecule has 0 aliphatic carbocycles. The summed E-state index contributed by atoms with van der Waals surface area (Å²) in [7, 11) is -3.00. The first-order chi connectivity index (χ1) is 8.89. The van der Waals surface area contributed by atoms with E-state index >= 15 is 0 Å². The number of sulfone groups is 1. The van der Waals surface area contributed by atoms with Crippen LogP contribution in [-0.2, 0) is 9.84 Å². The summed E-state index contributed by atoms with van der Waals surface area (Å²) in [4.78, 5) is 14.0. The average molecular weight is 411 g/mol. The molecule has 1 fully saturated rings. The largest absolute Gasteiger partial charge is 0.338 e. The van der Waals surface area contributed by atoms with Gasteiger partial charge in [0.1, 0.15) is 0 Å². The van der Waals surface area contributed by atoms with Crippen molar-refractivity contribution in [2.75, 3.05) is 24.6 Å². The van der Waals surface area contributed by atoms with Crippen molar-refractivity contribution < 1.29 is 13.2 Å². The molecule has 0 saturated carbocycles. The summed E-state index contributed by atoms with van der Waals surface area (Å²) in [6.07, 6.45) is 0.502. The van der Waals surface area contributed by atoms with Crippen LogP contribution in [0.1, 0.15) is 16.8 Å². The highest BCUT2D eigenvalue weighted by Gasteiger charge is 2.24. The number of carbonyl (C=O) groups excluding carboxylic acids is 1. The van der Waals surface area contributed by atoms with Gasteiger partial charge in [-0.25, -0.2) is 8.42 Å². The zero-order valence-corrected chi connectivity index (χ0v) is 14.1. The van der Waals surface area contributed by atoms with Gasteiger partial charge in [0.05, 0.1) is 17.1 Å². The van der Waals surface area contributed by atoms with Gasteiger partial charge >= 0.3 is 0 Å². The van der Waals surface area contributed by atoms with Gasteiger partial charge in [-0.3, -0.25) is 4.79 Å². The molecule has 1 aliphatic heterocycles. The van der Waals surface area contributed by atoms with Crippen LogP contribution < -0.4 is 0 Å². The van der Waals surface area contributed by atoms with E-state index in [4.69, 9.17) is 0 Å². The van der Waals surface area contributed by atoms with Crippen LogP contribution in [0.5, 0.6) is 0 Å². The molecule has 0 radical (unpaired) electrons. The third-order valence-electron chi connectivity index (χ3n) is 3.00. The fraction of sp³-hybridized carbons (Fsp3) is 0.417. The molecule has 1 aliphatic rings. The number of halogens is 2. The summed E-state index contributed by atoms with van der Waals surface area (Å²) in [5.41, 5.74) is 0.558. The van der Waals surface area contributed by atoms with Crippen molar-refractivity contribution in [3.8, 4) is 0 Å². The van der Waals surface area contributed by atoms with Crippen LogP contribution in [0.25, 0.3) is 0 Å². The maximum atomic E-state index is 12.4. The number of rotatable bonds is 1. The Morgan fingerprint density at radius 2 is 1.89 bits per heavy atom. The summed E-state index contributed by atoms with van der Waals surface area (Å²) < 4.78 is 24.7. The van der Waals surface area contributed by atoms with Gasteiger partial charge in [-0.15, -0.1) is 0 Å². The van der Waals surface area contributed by atoms with Gasteiger partial charge in [0.2, 0.25) is 0 Å². The first kappa shape index (κ1) is 15.0. The second-order valence-electron chi connectivity index (χ2n) is 4.42. The van der Waals surface area contributed by atoms with Crippen molar-refractivity contribution in [1.82, 2.24) is 4.90 Å². The Bertz CT molecular complexity index is 601. The SMILES string of the molecule is O=C(c1ccc(Br)cc1Br)N1CCCS(=O)(=O)CC1. The molecular weight excluding hydrogens is 398 g/mol. The fourth-order valence-electron chi connectivity index (χ4n) is 1.97. The molecule has 0 N–H and O–H groups in total. The molecule has 1 saturated heterocycles. The van der Waals surface area contributed by atoms with Crippen LogP contribution in [0.2, 0.25) is 0 Å². The topological polar surface area (TPSA) is 54.5 Å². The summed E-state index contributed by atoms with van der Waals surface area (Å²) in [5.74, 6) is 0.0852. The van der Waals surface area contributed by atoms with Crippen molar-refractivity contribution in [2.24, 2.45) is 0 Å². The molecular formula is C12H13Br2NO3S. The molecule has 0 unspecified atom stereocenters. The van der Waals surface area contributed by atoms with Crippen LogP contribution in [0, 0.1) is 0 Å². The Balaban J connectivity index is 2.20. The second kappa shape index (κ2) is 5.93. The zero-order valence-electron chi connectivity index (χ0n) is 10.1. The normalized spacial score (nSPS) is 18.9. The minimum Gasteiger partial charge on any atom is -0.338 e. The quantitative estimate of drug-likeness (QED) is 0.714. The monoisotopic (exact) mass is 409 g/mol. The maximum absolute atomic E-state index is 12.4. The van der Waals surface area contributed by atoms with E-state index in [1.165, 1.54) is 0 Å². The lowest BCUT2D eigenvalue weighted by Crippen LogP contribution is -2.33. The number of hydrogen-bond donors (Lipinski definition) is 0. The highest BCUT2D eigenvalue weighted by molar-refractivity contribution is 9.11. The highest BCUT2D eigenvalue weighted by Crippen LogP contribution is 2.23. The van der Waals surface area contributed by atoms with Gasteiger partial charge in [0.15, 0.2) is 9.84 Å². The molecule has 1 aromatic rings. The van der Waals surface area contributed by atoms with E-state index in [1.807, 2.05) is 6.07 Å². The Morgan fingerprint density at radius 1 is 1.16 bits per heavy atom. The number of nitrogens with zero attached hydrogens (tertiary/aromatic N) is 1. The Hall–Kier alpha value is -0.400. The predicted molar refractivity (Wildman–Crippen MR) is 81.0 cm³/mol. The van der Waals surface area contributed by atoms with Gasteiger partial charge in [-0.1, -0.05) is 15.9 Å². The van der Waals surface area contributed by atoms with Gasteiger partial charge in [0.25, 0.3) is 5.91 Å². The van der Waals surface area contributed by atoms with Gasteiger partial charge in [0, 0.05) is 22.0 Å². The highest BCUT2D eigenvalue weighted by atomic mass is 79.9. The van der Waals surface area contributed by atoms with Crippen LogP contribution in [0.15, 0.2) is 27.1 Å². The van der Waals surface area contributed by atoms with E-state index in [0.717, 1.165) is 4.47 Å². The van der Waals surface area contributed by atoms with Crippen molar-refractivity contribution in [3.63, 3.8) is 0 Å². The molecule has 4 nitrogen and oxygen atoms in total. The molecule has 1 aromatic carbocycles. The van der Waals surface area contributed by atoms with Crippen molar-refractivity contribution >= 4 is 47.6 Å². The minimum absolute atomic E-state index is 0.0485. The molecule has 0 atom stereocenters. The van der Waals surface area contributed by atoms with Crippen molar-refractivity contribution in [2.45, 2.75) is 6.42 Å². The van der Waals surface area contributed by atoms with Crippen LogP contribution in [-0.4, -0.2) is 43.8 Å². The Kier molecular flexibility index (Phi) is 4.68. The fourth-order valence-corrected chi connectivity index (χ4v) is 4.46. The third-order valence-corrected chi connectivity index (χ3v) is 5.87. The smallest absolute Gasteiger partial charge is 0.255 e. The van der Waals surface area contributed by atoms with Crippen LogP contribution in [0.4, 0.5) is 0 Å². The Labute approximate surface area is 129 Å². The summed E-state index contributed by atoms with van der Waals surface area (Å²) in [6.45, 7) is 0.754. The van der Waals surface area contributed by atoms with E-state index in [2.05, 4.69) is 31.9 Å². The minimum atomic E-state index is -3.00. The molecule has 0 aromatic heterocycles. The van der Waals surface area contributed by atoms with Crippen molar-refractivity contribution in [3.05, 3.63) is 32.7 Å². The number of hydrogen-bond acceptors (Lipinski definition) is 3. The average Bonchev–Trinajstić information content (AvgIpc) is 2.49. The van der Waals surface area contributed by atoms with E-state index in [0.29, 0.717) is 23.0 Å². The van der Waals surface area contributed by atoms with E-state index < -0.39 is 9.84 Å². The van der Waals surface area contributed by atoms with Crippen LogP contribution in [0.3, 0.4) is 0 Å². The van der Waals surface area contributed by atoms with Gasteiger partial charge in [-0.05, 0) is 40.5 Å². The molecule has 1 amide bonds. The number of carbonyl (C=O) groups is 1. The molecule has 0 spiro atoms. The van der Waals surface area contributed by atoms with Gasteiger partial charge in [-0.2, -0.15) is 0 Å². The molecule has 0 bridgehead atoms. The van der Waals surface area contributed by atoms with Crippen molar-refractivity contribution in [1.29, 1.82) is 0 Å². The van der Waals surface area contributed by atoms with E-state index in [1.54, 1.807) is 17.0 Å².